The fourth-order valence-electron chi connectivity index (χ4n) is 3.20. The van der Waals surface area contributed by atoms with E-state index in [0.29, 0.717) is 29.5 Å². The summed E-state index contributed by atoms with van der Waals surface area (Å²) in [6.45, 7) is 2.56. The van der Waals surface area contributed by atoms with Crippen LogP contribution < -0.4 is 5.32 Å². The number of fused-ring (bicyclic) bond motifs is 1. The molecule has 1 unspecified atom stereocenters. The van der Waals surface area contributed by atoms with Crippen LogP contribution >= 0.6 is 11.6 Å². The largest absolute Gasteiger partial charge is 0.350 e. The summed E-state index contributed by atoms with van der Waals surface area (Å²) in [7, 11) is 0. The maximum absolute atomic E-state index is 12.4. The molecule has 1 amide bonds. The standard InChI is InChI=1S/C19H17ClN4O/c1-11-9-21-7-6-15(11)18-23-16-8-13(10-22-19(25)17(16)24-18)12-2-4-14(20)5-3-12/h2-7,9,13H,8,10H2,1H3,(H,22,25)(H,23,24). The molecule has 5 nitrogen and oxygen atoms in total. The Labute approximate surface area is 150 Å². The number of halogens is 1. The predicted octanol–water partition coefficient (Wildman–Crippen LogP) is 3.50. The van der Waals surface area contributed by atoms with Crippen LogP contribution in [0.25, 0.3) is 11.4 Å². The molecule has 3 aromatic rings. The molecule has 0 saturated heterocycles. The molecule has 126 valence electrons. The van der Waals surface area contributed by atoms with Gasteiger partial charge in [0.1, 0.15) is 11.5 Å². The summed E-state index contributed by atoms with van der Waals surface area (Å²) in [5, 5.41) is 3.68. The van der Waals surface area contributed by atoms with Gasteiger partial charge in [-0.15, -0.1) is 0 Å². The molecule has 2 N–H and O–H groups in total. The first-order valence-corrected chi connectivity index (χ1v) is 8.53. The summed E-state index contributed by atoms with van der Waals surface area (Å²) in [6, 6.07) is 9.68. The van der Waals surface area contributed by atoms with Crippen LogP contribution in [0.1, 0.15) is 33.2 Å². The van der Waals surface area contributed by atoms with E-state index < -0.39 is 0 Å². The van der Waals surface area contributed by atoms with Gasteiger partial charge in [-0.25, -0.2) is 4.98 Å². The Morgan fingerprint density at radius 2 is 2.00 bits per heavy atom. The topological polar surface area (TPSA) is 70.7 Å². The number of pyridine rings is 1. The number of hydrogen-bond donors (Lipinski definition) is 2. The number of carbonyl (C=O) groups is 1. The van der Waals surface area contributed by atoms with E-state index in [1.54, 1.807) is 12.4 Å². The molecule has 25 heavy (non-hydrogen) atoms. The second-order valence-electron chi connectivity index (χ2n) is 6.27. The zero-order chi connectivity index (χ0) is 17.4. The van der Waals surface area contributed by atoms with Crippen molar-refractivity contribution in [3.8, 4) is 11.4 Å². The van der Waals surface area contributed by atoms with Gasteiger partial charge in [0.25, 0.3) is 5.91 Å². The first-order valence-electron chi connectivity index (χ1n) is 8.15. The molecule has 0 aliphatic carbocycles. The monoisotopic (exact) mass is 352 g/mol. The number of hydrogen-bond acceptors (Lipinski definition) is 3. The van der Waals surface area contributed by atoms with Gasteiger partial charge >= 0.3 is 0 Å². The number of aromatic amines is 1. The lowest BCUT2D eigenvalue weighted by molar-refractivity contribution is 0.0950. The van der Waals surface area contributed by atoms with Gasteiger partial charge in [-0.2, -0.15) is 0 Å². The lowest BCUT2D eigenvalue weighted by Gasteiger charge is -2.14. The number of carbonyl (C=O) groups excluding carboxylic acids is 1. The Bertz CT molecular complexity index is 933. The van der Waals surface area contributed by atoms with Gasteiger partial charge in [0.15, 0.2) is 0 Å². The Hall–Kier alpha value is -2.66. The zero-order valence-corrected chi connectivity index (χ0v) is 14.5. The number of aromatic nitrogens is 3. The molecule has 1 aromatic carbocycles. The van der Waals surface area contributed by atoms with Gasteiger partial charge in [-0.3, -0.25) is 9.78 Å². The van der Waals surface area contributed by atoms with Crippen LogP contribution in [0.4, 0.5) is 0 Å². The maximum Gasteiger partial charge on any atom is 0.271 e. The molecular formula is C19H17ClN4O. The molecule has 0 saturated carbocycles. The minimum atomic E-state index is -0.138. The summed E-state index contributed by atoms with van der Waals surface area (Å²) in [6.07, 6.45) is 4.24. The van der Waals surface area contributed by atoms with Crippen molar-refractivity contribution in [3.05, 3.63) is 70.3 Å². The van der Waals surface area contributed by atoms with Gasteiger partial charge in [-0.05, 0) is 42.7 Å². The second kappa shape index (κ2) is 6.33. The van der Waals surface area contributed by atoms with Crippen molar-refractivity contribution in [2.45, 2.75) is 19.3 Å². The van der Waals surface area contributed by atoms with Crippen molar-refractivity contribution in [2.75, 3.05) is 6.54 Å². The van der Waals surface area contributed by atoms with Crippen LogP contribution in [0.2, 0.25) is 5.02 Å². The van der Waals surface area contributed by atoms with Gasteiger partial charge in [-0.1, -0.05) is 23.7 Å². The fraction of sp³-hybridized carbons (Fsp3) is 0.211. The van der Waals surface area contributed by atoms with Gasteiger partial charge < -0.3 is 10.3 Å². The van der Waals surface area contributed by atoms with Crippen molar-refractivity contribution in [2.24, 2.45) is 0 Å². The second-order valence-corrected chi connectivity index (χ2v) is 6.70. The Morgan fingerprint density at radius 3 is 2.76 bits per heavy atom. The smallest absolute Gasteiger partial charge is 0.271 e. The zero-order valence-electron chi connectivity index (χ0n) is 13.7. The quantitative estimate of drug-likeness (QED) is 0.741. The predicted molar refractivity (Wildman–Crippen MR) is 96.8 cm³/mol. The molecule has 1 aliphatic heterocycles. The number of amides is 1. The van der Waals surface area contributed by atoms with E-state index in [0.717, 1.165) is 22.4 Å². The first-order chi connectivity index (χ1) is 12.1. The number of H-pyrrole nitrogens is 1. The number of imidazole rings is 1. The number of aryl methyl sites for hydroxylation is 1. The molecule has 3 heterocycles. The lowest BCUT2D eigenvalue weighted by Crippen LogP contribution is -2.26. The normalized spacial score (nSPS) is 16.9. The summed E-state index contributed by atoms with van der Waals surface area (Å²) in [5.74, 6) is 0.742. The summed E-state index contributed by atoms with van der Waals surface area (Å²) in [5.41, 5.74) is 4.46. The summed E-state index contributed by atoms with van der Waals surface area (Å²) < 4.78 is 0. The first kappa shape index (κ1) is 15.8. The van der Waals surface area contributed by atoms with E-state index in [9.17, 15) is 4.79 Å². The molecule has 0 fully saturated rings. The van der Waals surface area contributed by atoms with Crippen LogP contribution in [0, 0.1) is 6.92 Å². The fourth-order valence-corrected chi connectivity index (χ4v) is 3.33. The molecule has 0 bridgehead atoms. The van der Waals surface area contributed by atoms with Crippen LogP contribution in [-0.4, -0.2) is 27.4 Å². The van der Waals surface area contributed by atoms with E-state index >= 15 is 0 Å². The third-order valence-corrected chi connectivity index (χ3v) is 4.82. The molecule has 2 aromatic heterocycles. The third kappa shape index (κ3) is 3.03. The molecule has 0 radical (unpaired) electrons. The SMILES string of the molecule is Cc1cnccc1-c1nc2c([nH]1)CC(c1ccc(Cl)cc1)CNC2=O. The van der Waals surface area contributed by atoms with Crippen molar-refractivity contribution < 1.29 is 4.79 Å². The third-order valence-electron chi connectivity index (χ3n) is 4.57. The van der Waals surface area contributed by atoms with Gasteiger partial charge in [0.05, 0.1) is 0 Å². The van der Waals surface area contributed by atoms with Crippen LogP contribution in [-0.2, 0) is 6.42 Å². The lowest BCUT2D eigenvalue weighted by atomic mass is 9.94. The highest BCUT2D eigenvalue weighted by Gasteiger charge is 2.26. The van der Waals surface area contributed by atoms with E-state index in [2.05, 4.69) is 20.3 Å². The molecule has 0 spiro atoms. The van der Waals surface area contributed by atoms with Crippen LogP contribution in [0.15, 0.2) is 42.7 Å². The highest BCUT2D eigenvalue weighted by molar-refractivity contribution is 6.30. The number of nitrogens with zero attached hydrogens (tertiary/aromatic N) is 2. The number of benzene rings is 1. The highest BCUT2D eigenvalue weighted by atomic mass is 35.5. The van der Waals surface area contributed by atoms with E-state index in [1.807, 2.05) is 37.3 Å². The minimum Gasteiger partial charge on any atom is -0.350 e. The summed E-state index contributed by atoms with van der Waals surface area (Å²) >= 11 is 5.98. The van der Waals surface area contributed by atoms with Gasteiger partial charge in [0.2, 0.25) is 0 Å². The van der Waals surface area contributed by atoms with E-state index in [4.69, 9.17) is 11.6 Å². The van der Waals surface area contributed by atoms with E-state index in [1.165, 1.54) is 0 Å². The van der Waals surface area contributed by atoms with E-state index in [-0.39, 0.29) is 11.8 Å². The number of rotatable bonds is 2. The molecule has 1 aliphatic rings. The highest BCUT2D eigenvalue weighted by Crippen LogP contribution is 2.28. The molecule has 1 atom stereocenters. The average Bonchev–Trinajstić information content (AvgIpc) is 2.97. The van der Waals surface area contributed by atoms with Gasteiger partial charge in [0, 0.05) is 41.1 Å². The van der Waals surface area contributed by atoms with Crippen molar-refractivity contribution in [3.63, 3.8) is 0 Å². The molecule has 6 heteroatoms. The van der Waals surface area contributed by atoms with Crippen LogP contribution in [0.5, 0.6) is 0 Å². The molecular weight excluding hydrogens is 336 g/mol. The average molecular weight is 353 g/mol. The van der Waals surface area contributed by atoms with Crippen molar-refractivity contribution in [1.82, 2.24) is 20.3 Å². The Balaban J connectivity index is 1.71. The molecule has 4 rings (SSSR count). The Morgan fingerprint density at radius 1 is 1.20 bits per heavy atom. The number of nitrogens with one attached hydrogen (secondary N) is 2. The van der Waals surface area contributed by atoms with Crippen molar-refractivity contribution >= 4 is 17.5 Å². The van der Waals surface area contributed by atoms with Crippen molar-refractivity contribution in [1.29, 1.82) is 0 Å². The minimum absolute atomic E-state index is 0.138. The summed E-state index contributed by atoms with van der Waals surface area (Å²) in [4.78, 5) is 24.4. The Kier molecular flexibility index (Phi) is 4.01. The maximum atomic E-state index is 12.4. The van der Waals surface area contributed by atoms with Crippen LogP contribution in [0.3, 0.4) is 0 Å².